The van der Waals surface area contributed by atoms with Crippen LogP contribution < -0.4 is 9.47 Å². The molecule has 0 unspecified atom stereocenters. The highest BCUT2D eigenvalue weighted by Gasteiger charge is 2.08. The molecule has 0 N–H and O–H groups in total. The molecule has 0 saturated carbocycles. The fourth-order valence-corrected chi connectivity index (χ4v) is 2.45. The monoisotopic (exact) mass is 345 g/mol. The summed E-state index contributed by atoms with van der Waals surface area (Å²) in [4.78, 5) is 0. The van der Waals surface area contributed by atoms with Gasteiger partial charge >= 0.3 is 0 Å². The van der Waals surface area contributed by atoms with E-state index in [1.54, 1.807) is 18.5 Å². The van der Waals surface area contributed by atoms with Gasteiger partial charge < -0.3 is 9.47 Å². The maximum atomic E-state index is 13.1. The fraction of sp³-hybridized carbons (Fsp3) is 0.263. The topological polar surface area (TPSA) is 21.7 Å². The van der Waals surface area contributed by atoms with Crippen molar-refractivity contribution in [2.75, 3.05) is 27.3 Å². The Labute approximate surface area is 147 Å². The highest BCUT2D eigenvalue weighted by Crippen LogP contribution is 2.28. The number of rotatable bonds is 7. The van der Waals surface area contributed by atoms with Crippen molar-refractivity contribution in [2.45, 2.75) is 6.42 Å². The van der Waals surface area contributed by atoms with Crippen LogP contribution in [0.1, 0.15) is 11.1 Å². The van der Waals surface area contributed by atoms with E-state index in [2.05, 4.69) is 11.8 Å². The summed E-state index contributed by atoms with van der Waals surface area (Å²) in [6, 6.07) is 15.4. The Balaban J connectivity index is 1.90. The van der Waals surface area contributed by atoms with E-state index in [-0.39, 0.29) is 12.3 Å². The third-order valence-electron chi connectivity index (χ3n) is 3.46. The van der Waals surface area contributed by atoms with Gasteiger partial charge in [0.05, 0.1) is 20.8 Å². The third kappa shape index (κ3) is 5.48. The summed E-state index contributed by atoms with van der Waals surface area (Å²) in [5.74, 6) is 7.40. The van der Waals surface area contributed by atoms with Crippen molar-refractivity contribution < 1.29 is 13.4 Å². The lowest BCUT2D eigenvalue weighted by Gasteiger charge is -2.14. The van der Waals surface area contributed by atoms with Crippen LogP contribution in [0.2, 0.25) is 0 Å². The molecule has 2 aromatic rings. The minimum Gasteiger partial charge on any atom is -0.493 e. The smallest absolute Gasteiger partial charge is 0.160 e. The number of nitrogens with zero attached hydrogens (tertiary/aromatic N) is 1. The first kappa shape index (κ1) is 18.2. The molecule has 0 radical (unpaired) electrons. The second kappa shape index (κ2) is 9.86. The van der Waals surface area contributed by atoms with Crippen molar-refractivity contribution in [3.05, 3.63) is 59.7 Å². The number of benzene rings is 2. The molecule has 126 valence electrons. The maximum Gasteiger partial charge on any atom is 0.160 e. The summed E-state index contributed by atoms with van der Waals surface area (Å²) in [5, 5.41) is 0. The van der Waals surface area contributed by atoms with Crippen LogP contribution in [0.25, 0.3) is 0 Å². The lowest BCUT2D eigenvalue weighted by atomic mass is 10.1. The number of hydrogen-bond donors (Lipinski definition) is 0. The van der Waals surface area contributed by atoms with E-state index in [4.69, 9.17) is 9.47 Å². The van der Waals surface area contributed by atoms with Crippen molar-refractivity contribution in [1.29, 1.82) is 0 Å². The molecular weight excluding hydrogens is 325 g/mol. The van der Waals surface area contributed by atoms with Gasteiger partial charge in [-0.05, 0) is 36.2 Å². The van der Waals surface area contributed by atoms with E-state index < -0.39 is 0 Å². The molecule has 0 aromatic heterocycles. The Morgan fingerprint density at radius 1 is 1.04 bits per heavy atom. The van der Waals surface area contributed by atoms with Crippen LogP contribution in [-0.4, -0.2) is 31.6 Å². The molecule has 2 rings (SSSR count). The molecule has 0 atom stereocenters. The van der Waals surface area contributed by atoms with Crippen molar-refractivity contribution in [1.82, 2.24) is 4.31 Å². The van der Waals surface area contributed by atoms with Crippen LogP contribution >= 0.6 is 12.3 Å². The van der Waals surface area contributed by atoms with E-state index in [9.17, 15) is 3.89 Å². The van der Waals surface area contributed by atoms with Gasteiger partial charge in [0, 0.05) is 12.1 Å². The number of hydrogen-bond acceptors (Lipinski definition) is 4. The molecule has 0 spiro atoms. The largest absolute Gasteiger partial charge is 0.493 e. The Hall–Kier alpha value is -2.16. The molecule has 0 aliphatic rings. The molecule has 0 fully saturated rings. The average molecular weight is 345 g/mol. The van der Waals surface area contributed by atoms with Gasteiger partial charge in [-0.2, -0.15) is 0 Å². The van der Waals surface area contributed by atoms with Crippen LogP contribution in [0.4, 0.5) is 3.89 Å². The highest BCUT2D eigenvalue weighted by atomic mass is 32.2. The van der Waals surface area contributed by atoms with Crippen LogP contribution in [0, 0.1) is 11.8 Å². The van der Waals surface area contributed by atoms with Crippen molar-refractivity contribution in [3.8, 4) is 23.3 Å². The standard InChI is InChI=1S/C19H20FNO2S/c1-22-18-11-10-17(15-19(18)23-2)12-14-21(24-20)13-6-9-16-7-4-3-5-8-16/h3-5,7-8,10-11,15H,12-14H2,1-2H3. The van der Waals surface area contributed by atoms with Gasteiger partial charge in [0.15, 0.2) is 11.5 Å². The molecule has 0 amide bonds. The molecule has 0 aliphatic heterocycles. The van der Waals surface area contributed by atoms with Gasteiger partial charge in [0.2, 0.25) is 0 Å². The minimum absolute atomic E-state index is 0.217. The number of methoxy groups -OCH3 is 2. The van der Waals surface area contributed by atoms with Crippen LogP contribution in [0.3, 0.4) is 0 Å². The van der Waals surface area contributed by atoms with Crippen LogP contribution in [0.5, 0.6) is 11.5 Å². The number of halogens is 1. The van der Waals surface area contributed by atoms with Gasteiger partial charge in [-0.25, -0.2) is 4.31 Å². The van der Waals surface area contributed by atoms with E-state index in [1.165, 1.54) is 0 Å². The summed E-state index contributed by atoms with van der Waals surface area (Å²) in [6.45, 7) is 0.920. The highest BCUT2D eigenvalue weighted by molar-refractivity contribution is 7.91. The molecular formula is C19H20FNO2S. The van der Waals surface area contributed by atoms with Crippen molar-refractivity contribution in [2.24, 2.45) is 0 Å². The summed E-state index contributed by atoms with van der Waals surface area (Å²) < 4.78 is 25.2. The van der Waals surface area contributed by atoms with Gasteiger partial charge in [-0.15, -0.1) is 3.89 Å². The molecule has 3 nitrogen and oxygen atoms in total. The van der Waals surface area contributed by atoms with Gasteiger partial charge in [0.1, 0.15) is 12.3 Å². The second-order valence-corrected chi connectivity index (χ2v) is 5.69. The minimum atomic E-state index is 0.217. The number of ether oxygens (including phenoxy) is 2. The van der Waals surface area contributed by atoms with Crippen molar-refractivity contribution >= 4 is 12.3 Å². The van der Waals surface area contributed by atoms with Gasteiger partial charge in [-0.3, -0.25) is 0 Å². The first-order valence-electron chi connectivity index (χ1n) is 7.55. The van der Waals surface area contributed by atoms with Crippen LogP contribution in [-0.2, 0) is 6.42 Å². The summed E-state index contributed by atoms with van der Waals surface area (Å²) >= 11 is 0.217. The molecule has 5 heteroatoms. The average Bonchev–Trinajstić information content (AvgIpc) is 2.65. The van der Waals surface area contributed by atoms with Gasteiger partial charge in [-0.1, -0.05) is 36.1 Å². The first-order valence-corrected chi connectivity index (χ1v) is 8.22. The lowest BCUT2D eigenvalue weighted by Crippen LogP contribution is -2.18. The van der Waals surface area contributed by atoms with E-state index in [1.807, 2.05) is 48.5 Å². The van der Waals surface area contributed by atoms with E-state index >= 15 is 0 Å². The predicted molar refractivity (Wildman–Crippen MR) is 96.8 cm³/mol. The molecule has 24 heavy (non-hydrogen) atoms. The first-order chi connectivity index (χ1) is 11.8. The fourth-order valence-electron chi connectivity index (χ4n) is 2.18. The van der Waals surface area contributed by atoms with E-state index in [0.717, 1.165) is 11.1 Å². The Morgan fingerprint density at radius 3 is 2.46 bits per heavy atom. The summed E-state index contributed by atoms with van der Waals surface area (Å²) in [7, 11) is 3.20. The third-order valence-corrected chi connectivity index (χ3v) is 3.96. The summed E-state index contributed by atoms with van der Waals surface area (Å²) in [5.41, 5.74) is 1.99. The predicted octanol–water partition coefficient (Wildman–Crippen LogP) is 4.13. The molecule has 0 heterocycles. The normalized spacial score (nSPS) is 10.2. The SMILES string of the molecule is COc1ccc(CCN(CC#Cc2ccccc2)SF)cc1OC. The zero-order valence-electron chi connectivity index (χ0n) is 13.8. The van der Waals surface area contributed by atoms with Crippen molar-refractivity contribution in [3.63, 3.8) is 0 Å². The Bertz CT molecular complexity index is 698. The van der Waals surface area contributed by atoms with E-state index in [0.29, 0.717) is 31.0 Å². The molecule has 0 saturated heterocycles. The Morgan fingerprint density at radius 2 is 1.79 bits per heavy atom. The molecule has 0 aliphatic carbocycles. The molecule has 0 bridgehead atoms. The second-order valence-electron chi connectivity index (χ2n) is 5.04. The van der Waals surface area contributed by atoms with Gasteiger partial charge in [0.25, 0.3) is 0 Å². The Kier molecular flexibility index (Phi) is 7.47. The quantitative estimate of drug-likeness (QED) is 0.555. The summed E-state index contributed by atoms with van der Waals surface area (Å²) in [6.07, 6.45) is 0.699. The van der Waals surface area contributed by atoms with Crippen LogP contribution in [0.15, 0.2) is 48.5 Å². The zero-order chi connectivity index (χ0) is 17.2. The maximum absolute atomic E-state index is 13.1. The lowest BCUT2D eigenvalue weighted by molar-refractivity contribution is 0.354. The zero-order valence-corrected chi connectivity index (χ0v) is 14.6. The molecule has 2 aromatic carbocycles.